The van der Waals surface area contributed by atoms with E-state index in [2.05, 4.69) is 12.2 Å². The number of anilines is 1. The third-order valence-electron chi connectivity index (χ3n) is 6.00. The molecule has 2 heterocycles. The van der Waals surface area contributed by atoms with E-state index in [1.54, 1.807) is 24.3 Å². The molecule has 7 nitrogen and oxygen atoms in total. The number of nitrogens with one attached hydrogen (secondary N) is 1. The van der Waals surface area contributed by atoms with Gasteiger partial charge < -0.3 is 9.30 Å². The van der Waals surface area contributed by atoms with Crippen molar-refractivity contribution in [3.8, 4) is 5.69 Å². The molecule has 0 bridgehead atoms. The third kappa shape index (κ3) is 4.52. The van der Waals surface area contributed by atoms with E-state index >= 15 is 0 Å². The van der Waals surface area contributed by atoms with E-state index in [-0.39, 0.29) is 10.7 Å². The molecular weight excluding hydrogens is 462 g/mol. The molecule has 8 heteroatoms. The summed E-state index contributed by atoms with van der Waals surface area (Å²) in [6.07, 6.45) is 2.45. The highest BCUT2D eigenvalue weighted by atomic mass is 32.1. The molecule has 0 radical (unpaired) electrons. The van der Waals surface area contributed by atoms with E-state index in [4.69, 9.17) is 17.0 Å². The number of hydrogen-bond acceptors (Lipinski definition) is 5. The van der Waals surface area contributed by atoms with E-state index in [1.165, 1.54) is 12.0 Å². The molecule has 0 spiro atoms. The minimum absolute atomic E-state index is 0.0123. The van der Waals surface area contributed by atoms with Crippen LogP contribution in [-0.2, 0) is 20.7 Å². The zero-order chi connectivity index (χ0) is 25.3. The van der Waals surface area contributed by atoms with E-state index < -0.39 is 17.8 Å². The van der Waals surface area contributed by atoms with Crippen LogP contribution in [0.3, 0.4) is 0 Å². The second-order valence-electron chi connectivity index (χ2n) is 8.18. The van der Waals surface area contributed by atoms with Crippen molar-refractivity contribution >= 4 is 46.9 Å². The molecule has 4 rings (SSSR count). The van der Waals surface area contributed by atoms with Crippen LogP contribution in [0.25, 0.3) is 11.8 Å². The molecule has 1 aromatic heterocycles. The van der Waals surface area contributed by atoms with Crippen molar-refractivity contribution in [3.05, 3.63) is 88.2 Å². The number of rotatable bonds is 5. The number of methoxy groups -OCH3 is 1. The van der Waals surface area contributed by atoms with Crippen LogP contribution in [0.15, 0.2) is 60.2 Å². The number of benzene rings is 2. The molecule has 1 aliphatic rings. The maximum absolute atomic E-state index is 13.4. The predicted octanol–water partition coefficient (Wildman–Crippen LogP) is 4.27. The van der Waals surface area contributed by atoms with Gasteiger partial charge in [0.2, 0.25) is 0 Å². The fourth-order valence-electron chi connectivity index (χ4n) is 4.15. The maximum Gasteiger partial charge on any atom is 0.337 e. The van der Waals surface area contributed by atoms with Gasteiger partial charge in [-0.05, 0) is 86.1 Å². The topological polar surface area (TPSA) is 80.6 Å². The average Bonchev–Trinajstić information content (AvgIpc) is 3.14. The SMILES string of the molecule is CCc1ccc(N2C(=O)C(=Cc3cc(C)n(-c4cccc(C(=O)OC)c4)c3C)C(=O)NC2=S)cc1. The molecule has 2 amide bonds. The van der Waals surface area contributed by atoms with Gasteiger partial charge >= 0.3 is 5.97 Å². The Bertz CT molecular complexity index is 1390. The number of ether oxygens (including phenoxy) is 1. The number of carbonyl (C=O) groups is 3. The lowest BCUT2D eigenvalue weighted by molar-refractivity contribution is -0.122. The zero-order valence-electron chi connectivity index (χ0n) is 19.9. The summed E-state index contributed by atoms with van der Waals surface area (Å²) in [6.45, 7) is 5.86. The molecule has 1 N–H and O–H groups in total. The number of carbonyl (C=O) groups excluding carboxylic acids is 3. The van der Waals surface area contributed by atoms with Crippen LogP contribution in [-0.4, -0.2) is 34.6 Å². The Balaban J connectivity index is 1.73. The predicted molar refractivity (Wildman–Crippen MR) is 139 cm³/mol. The lowest BCUT2D eigenvalue weighted by Crippen LogP contribution is -2.54. The molecule has 178 valence electrons. The van der Waals surface area contributed by atoms with Crippen LogP contribution in [0.2, 0.25) is 0 Å². The molecule has 0 unspecified atom stereocenters. The summed E-state index contributed by atoms with van der Waals surface area (Å²) in [4.78, 5) is 39.4. The van der Waals surface area contributed by atoms with Crippen molar-refractivity contribution in [3.63, 3.8) is 0 Å². The quantitative estimate of drug-likeness (QED) is 0.252. The monoisotopic (exact) mass is 487 g/mol. The molecule has 2 aromatic carbocycles. The van der Waals surface area contributed by atoms with Gasteiger partial charge in [0.1, 0.15) is 5.57 Å². The highest BCUT2D eigenvalue weighted by Gasteiger charge is 2.34. The van der Waals surface area contributed by atoms with E-state index in [0.717, 1.165) is 29.1 Å². The smallest absolute Gasteiger partial charge is 0.337 e. The molecular formula is C27H25N3O4S. The summed E-state index contributed by atoms with van der Waals surface area (Å²) in [5, 5.41) is 2.67. The first kappa shape index (κ1) is 24.1. The number of aryl methyl sites for hydroxylation is 2. The standard InChI is InChI=1S/C27H25N3O4S/c1-5-18-9-11-21(12-10-18)30-25(32)23(24(31)28-27(30)35)15-20-13-16(2)29(17(20)3)22-8-6-7-19(14-22)26(33)34-4/h6-15H,5H2,1-4H3,(H,28,31,35). The van der Waals surface area contributed by atoms with Crippen molar-refractivity contribution < 1.29 is 19.1 Å². The van der Waals surface area contributed by atoms with Gasteiger partial charge in [0.05, 0.1) is 18.4 Å². The maximum atomic E-state index is 13.4. The molecule has 3 aromatic rings. The Hall–Kier alpha value is -4.04. The van der Waals surface area contributed by atoms with Gasteiger partial charge in [0, 0.05) is 17.1 Å². The summed E-state index contributed by atoms with van der Waals surface area (Å²) >= 11 is 5.30. The highest BCUT2D eigenvalue weighted by molar-refractivity contribution is 7.80. The summed E-state index contributed by atoms with van der Waals surface area (Å²) in [7, 11) is 1.34. The van der Waals surface area contributed by atoms with Crippen LogP contribution >= 0.6 is 12.2 Å². The van der Waals surface area contributed by atoms with Gasteiger partial charge in [-0.2, -0.15) is 0 Å². The summed E-state index contributed by atoms with van der Waals surface area (Å²) in [5.74, 6) is -1.46. The normalized spacial score (nSPS) is 14.9. The van der Waals surface area contributed by atoms with Crippen LogP contribution in [0.5, 0.6) is 0 Å². The van der Waals surface area contributed by atoms with E-state index in [1.807, 2.05) is 54.8 Å². The van der Waals surface area contributed by atoms with Gasteiger partial charge in [-0.3, -0.25) is 19.8 Å². The van der Waals surface area contributed by atoms with Crippen molar-refractivity contribution in [2.75, 3.05) is 12.0 Å². The Labute approximate surface area is 209 Å². The number of esters is 1. The lowest BCUT2D eigenvalue weighted by Gasteiger charge is -2.29. The Morgan fingerprint density at radius 2 is 1.77 bits per heavy atom. The minimum Gasteiger partial charge on any atom is -0.465 e. The Morgan fingerprint density at radius 1 is 1.06 bits per heavy atom. The summed E-state index contributed by atoms with van der Waals surface area (Å²) < 4.78 is 6.78. The van der Waals surface area contributed by atoms with Crippen LogP contribution in [0, 0.1) is 13.8 Å². The van der Waals surface area contributed by atoms with Gasteiger partial charge in [-0.25, -0.2) is 4.79 Å². The van der Waals surface area contributed by atoms with Crippen LogP contribution in [0.1, 0.15) is 39.8 Å². The van der Waals surface area contributed by atoms with Gasteiger partial charge in [0.15, 0.2) is 5.11 Å². The van der Waals surface area contributed by atoms with Crippen molar-refractivity contribution in [2.45, 2.75) is 27.2 Å². The molecule has 0 saturated carbocycles. The van der Waals surface area contributed by atoms with Gasteiger partial charge in [0.25, 0.3) is 11.8 Å². The third-order valence-corrected chi connectivity index (χ3v) is 6.28. The molecule has 0 aliphatic carbocycles. The first-order valence-electron chi connectivity index (χ1n) is 11.1. The number of aromatic nitrogens is 1. The molecule has 0 atom stereocenters. The average molecular weight is 488 g/mol. The van der Waals surface area contributed by atoms with Gasteiger partial charge in [-0.15, -0.1) is 0 Å². The molecule has 1 saturated heterocycles. The zero-order valence-corrected chi connectivity index (χ0v) is 20.7. The van der Waals surface area contributed by atoms with E-state index in [9.17, 15) is 14.4 Å². The fraction of sp³-hybridized carbons (Fsp3) is 0.185. The number of hydrogen-bond donors (Lipinski definition) is 1. The number of thiocarbonyl (C=S) groups is 1. The fourth-order valence-corrected chi connectivity index (χ4v) is 4.43. The molecule has 1 aliphatic heterocycles. The Kier molecular flexibility index (Phi) is 6.66. The first-order chi connectivity index (χ1) is 16.7. The number of amides is 2. The van der Waals surface area contributed by atoms with Crippen LogP contribution in [0.4, 0.5) is 5.69 Å². The molecule has 1 fully saturated rings. The van der Waals surface area contributed by atoms with Crippen molar-refractivity contribution in [1.82, 2.24) is 9.88 Å². The summed E-state index contributed by atoms with van der Waals surface area (Å²) in [5.41, 5.74) is 5.30. The minimum atomic E-state index is -0.543. The largest absolute Gasteiger partial charge is 0.465 e. The summed E-state index contributed by atoms with van der Waals surface area (Å²) in [6, 6.07) is 16.5. The molecule has 35 heavy (non-hydrogen) atoms. The number of nitrogens with zero attached hydrogens (tertiary/aromatic N) is 2. The van der Waals surface area contributed by atoms with Crippen molar-refractivity contribution in [1.29, 1.82) is 0 Å². The second-order valence-corrected chi connectivity index (χ2v) is 8.57. The lowest BCUT2D eigenvalue weighted by atomic mass is 10.1. The second kappa shape index (κ2) is 9.68. The van der Waals surface area contributed by atoms with E-state index in [0.29, 0.717) is 16.8 Å². The Morgan fingerprint density at radius 3 is 2.43 bits per heavy atom. The first-order valence-corrected chi connectivity index (χ1v) is 11.5. The van der Waals surface area contributed by atoms with Gasteiger partial charge in [-0.1, -0.05) is 25.1 Å². The van der Waals surface area contributed by atoms with Crippen LogP contribution < -0.4 is 10.2 Å². The van der Waals surface area contributed by atoms with Crippen molar-refractivity contribution in [2.24, 2.45) is 0 Å². The highest BCUT2D eigenvalue weighted by Crippen LogP contribution is 2.27.